The topological polar surface area (TPSA) is 67.9 Å². The van der Waals surface area contributed by atoms with Crippen molar-refractivity contribution in [2.45, 2.75) is 57.8 Å². The lowest BCUT2D eigenvalue weighted by Gasteiger charge is -2.25. The molecular formula is C13H21N3O2. The molecule has 18 heavy (non-hydrogen) atoms. The van der Waals surface area contributed by atoms with Crippen molar-refractivity contribution in [2.24, 2.45) is 0 Å². The van der Waals surface area contributed by atoms with Crippen LogP contribution in [0.25, 0.3) is 0 Å². The first-order valence-corrected chi connectivity index (χ1v) is 6.77. The Bertz CT molecular complexity index is 420. The molecule has 0 spiro atoms. The van der Waals surface area contributed by atoms with Gasteiger partial charge in [-0.15, -0.1) is 0 Å². The Hall–Kier alpha value is -1.39. The number of hydrogen-bond donors (Lipinski definition) is 1. The van der Waals surface area contributed by atoms with Crippen LogP contribution in [0.2, 0.25) is 0 Å². The molecule has 1 aliphatic carbocycles. The van der Waals surface area contributed by atoms with Crippen LogP contribution in [0.1, 0.15) is 64.0 Å². The Morgan fingerprint density at radius 2 is 2.06 bits per heavy atom. The van der Waals surface area contributed by atoms with E-state index in [9.17, 15) is 4.79 Å². The maximum atomic E-state index is 12.2. The van der Waals surface area contributed by atoms with E-state index in [-0.39, 0.29) is 5.97 Å². The number of esters is 1. The molecule has 1 aliphatic rings. The van der Waals surface area contributed by atoms with Crippen LogP contribution in [0.4, 0.5) is 0 Å². The Kier molecular flexibility index (Phi) is 3.68. The highest BCUT2D eigenvalue weighted by molar-refractivity contribution is 5.82. The van der Waals surface area contributed by atoms with Crippen molar-refractivity contribution in [3.8, 4) is 0 Å². The molecule has 1 aromatic heterocycles. The van der Waals surface area contributed by atoms with Gasteiger partial charge in [0.2, 0.25) is 0 Å². The standard InChI is InChI=1S/C13H21N3O2/c1-4-13(5-2,12(17)18-6-3)11-14-10(15-16-11)9-7-8-9/h9H,4-8H2,1-3H3,(H,14,15,16). The minimum atomic E-state index is -0.695. The summed E-state index contributed by atoms with van der Waals surface area (Å²) in [4.78, 5) is 16.7. The average molecular weight is 251 g/mol. The number of carbonyl (C=O) groups excluding carboxylic acids is 1. The fourth-order valence-corrected chi connectivity index (χ4v) is 2.24. The number of nitrogens with zero attached hydrogens (tertiary/aromatic N) is 2. The zero-order valence-corrected chi connectivity index (χ0v) is 11.3. The van der Waals surface area contributed by atoms with E-state index in [2.05, 4.69) is 15.2 Å². The highest BCUT2D eigenvalue weighted by Crippen LogP contribution is 2.39. The summed E-state index contributed by atoms with van der Waals surface area (Å²) < 4.78 is 5.20. The lowest BCUT2D eigenvalue weighted by atomic mass is 9.81. The number of H-pyrrole nitrogens is 1. The first kappa shape index (κ1) is 13.1. The molecule has 1 saturated carbocycles. The number of aromatic amines is 1. The largest absolute Gasteiger partial charge is 0.465 e. The molecule has 5 heteroatoms. The molecule has 1 fully saturated rings. The summed E-state index contributed by atoms with van der Waals surface area (Å²) in [5, 5.41) is 7.23. The van der Waals surface area contributed by atoms with Crippen molar-refractivity contribution < 1.29 is 9.53 Å². The predicted molar refractivity (Wildman–Crippen MR) is 67.3 cm³/mol. The highest BCUT2D eigenvalue weighted by atomic mass is 16.5. The van der Waals surface area contributed by atoms with Gasteiger partial charge in [0, 0.05) is 5.92 Å². The Balaban J connectivity index is 2.29. The van der Waals surface area contributed by atoms with Crippen molar-refractivity contribution in [1.82, 2.24) is 15.2 Å². The molecular weight excluding hydrogens is 230 g/mol. The molecule has 0 saturated heterocycles. The molecule has 0 atom stereocenters. The van der Waals surface area contributed by atoms with Crippen LogP contribution in [-0.2, 0) is 14.9 Å². The van der Waals surface area contributed by atoms with Gasteiger partial charge in [-0.2, -0.15) is 5.10 Å². The average Bonchev–Trinajstić information content (AvgIpc) is 3.11. The summed E-state index contributed by atoms with van der Waals surface area (Å²) in [5.41, 5.74) is -0.695. The van der Waals surface area contributed by atoms with Crippen LogP contribution < -0.4 is 0 Å². The normalized spacial score (nSPS) is 15.7. The van der Waals surface area contributed by atoms with Gasteiger partial charge < -0.3 is 4.74 Å². The minimum Gasteiger partial charge on any atom is -0.465 e. The molecule has 0 bridgehead atoms. The molecule has 1 N–H and O–H groups in total. The summed E-state index contributed by atoms with van der Waals surface area (Å²) in [7, 11) is 0. The van der Waals surface area contributed by atoms with Crippen LogP contribution in [-0.4, -0.2) is 27.8 Å². The van der Waals surface area contributed by atoms with E-state index in [1.165, 1.54) is 12.8 Å². The zero-order valence-electron chi connectivity index (χ0n) is 11.3. The second kappa shape index (κ2) is 5.08. The molecule has 0 aromatic carbocycles. The fourth-order valence-electron chi connectivity index (χ4n) is 2.24. The van der Waals surface area contributed by atoms with Gasteiger partial charge in [-0.3, -0.25) is 9.89 Å². The van der Waals surface area contributed by atoms with Gasteiger partial charge in [0.1, 0.15) is 11.2 Å². The molecule has 2 rings (SSSR count). The van der Waals surface area contributed by atoms with Gasteiger partial charge in [0.05, 0.1) is 6.61 Å². The van der Waals surface area contributed by atoms with Crippen molar-refractivity contribution in [1.29, 1.82) is 0 Å². The molecule has 1 aromatic rings. The molecule has 0 aliphatic heterocycles. The van der Waals surface area contributed by atoms with Crippen LogP contribution in [0.3, 0.4) is 0 Å². The van der Waals surface area contributed by atoms with Gasteiger partial charge in [-0.25, -0.2) is 4.98 Å². The summed E-state index contributed by atoms with van der Waals surface area (Å²) in [6.45, 7) is 6.17. The van der Waals surface area contributed by atoms with E-state index in [1.54, 1.807) is 0 Å². The van der Waals surface area contributed by atoms with E-state index >= 15 is 0 Å². The van der Waals surface area contributed by atoms with Crippen LogP contribution in [0.5, 0.6) is 0 Å². The molecule has 0 unspecified atom stereocenters. The van der Waals surface area contributed by atoms with Gasteiger partial charge in [0.15, 0.2) is 5.82 Å². The van der Waals surface area contributed by atoms with Crippen molar-refractivity contribution in [3.63, 3.8) is 0 Å². The van der Waals surface area contributed by atoms with Gasteiger partial charge in [0.25, 0.3) is 0 Å². The Morgan fingerprint density at radius 1 is 1.39 bits per heavy atom. The second-order valence-corrected chi connectivity index (χ2v) is 4.83. The monoisotopic (exact) mass is 251 g/mol. The van der Waals surface area contributed by atoms with E-state index in [0.717, 1.165) is 5.82 Å². The minimum absolute atomic E-state index is 0.212. The van der Waals surface area contributed by atoms with Gasteiger partial charge in [-0.05, 0) is 32.6 Å². The third-order valence-corrected chi connectivity index (χ3v) is 3.77. The Morgan fingerprint density at radius 3 is 2.56 bits per heavy atom. The zero-order chi connectivity index (χ0) is 13.2. The van der Waals surface area contributed by atoms with Gasteiger partial charge >= 0.3 is 5.97 Å². The van der Waals surface area contributed by atoms with Crippen LogP contribution in [0.15, 0.2) is 0 Å². The van der Waals surface area contributed by atoms with E-state index < -0.39 is 5.41 Å². The first-order chi connectivity index (χ1) is 8.67. The number of aromatic nitrogens is 3. The van der Waals surface area contributed by atoms with Gasteiger partial charge in [-0.1, -0.05) is 13.8 Å². The first-order valence-electron chi connectivity index (χ1n) is 6.77. The quantitative estimate of drug-likeness (QED) is 0.788. The smallest absolute Gasteiger partial charge is 0.319 e. The fraction of sp³-hybridized carbons (Fsp3) is 0.769. The lowest BCUT2D eigenvalue weighted by molar-refractivity contribution is -0.151. The van der Waals surface area contributed by atoms with Crippen LogP contribution >= 0.6 is 0 Å². The van der Waals surface area contributed by atoms with E-state index in [4.69, 9.17) is 4.74 Å². The van der Waals surface area contributed by atoms with E-state index in [0.29, 0.717) is 31.2 Å². The number of nitrogens with one attached hydrogen (secondary N) is 1. The van der Waals surface area contributed by atoms with Crippen LogP contribution in [0, 0.1) is 0 Å². The predicted octanol–water partition coefficient (Wildman–Crippen LogP) is 2.30. The van der Waals surface area contributed by atoms with Crippen molar-refractivity contribution in [2.75, 3.05) is 6.61 Å². The number of ether oxygens (including phenoxy) is 1. The maximum absolute atomic E-state index is 12.2. The summed E-state index contributed by atoms with van der Waals surface area (Å²) in [6, 6.07) is 0. The Labute approximate surface area is 107 Å². The number of rotatable bonds is 6. The number of hydrogen-bond acceptors (Lipinski definition) is 4. The maximum Gasteiger partial charge on any atom is 0.319 e. The highest BCUT2D eigenvalue weighted by Gasteiger charge is 2.43. The third kappa shape index (κ3) is 2.13. The molecule has 0 amide bonds. The summed E-state index contributed by atoms with van der Waals surface area (Å²) in [6.07, 6.45) is 3.65. The number of carbonyl (C=O) groups is 1. The summed E-state index contributed by atoms with van der Waals surface area (Å²) in [5.74, 6) is 1.81. The summed E-state index contributed by atoms with van der Waals surface area (Å²) >= 11 is 0. The molecule has 5 nitrogen and oxygen atoms in total. The third-order valence-electron chi connectivity index (χ3n) is 3.77. The van der Waals surface area contributed by atoms with E-state index in [1.807, 2.05) is 20.8 Å². The van der Waals surface area contributed by atoms with Crippen molar-refractivity contribution >= 4 is 5.97 Å². The molecule has 0 radical (unpaired) electrons. The second-order valence-electron chi connectivity index (χ2n) is 4.83. The van der Waals surface area contributed by atoms with Crippen molar-refractivity contribution in [3.05, 3.63) is 11.6 Å². The molecule has 100 valence electrons. The molecule has 1 heterocycles. The lowest BCUT2D eigenvalue weighted by Crippen LogP contribution is -2.37. The SMILES string of the molecule is CCOC(=O)C(CC)(CC)c1n[nH]c(C2CC2)n1.